The second-order valence-corrected chi connectivity index (χ2v) is 8.21. The van der Waals surface area contributed by atoms with Gasteiger partial charge in [-0.25, -0.2) is 0 Å². The summed E-state index contributed by atoms with van der Waals surface area (Å²) in [4.78, 5) is 29.3. The minimum absolute atomic E-state index is 0.000603. The number of carbonyl (C=O) groups is 2. The molecule has 1 aromatic carbocycles. The first kappa shape index (κ1) is 21.0. The van der Waals surface area contributed by atoms with Gasteiger partial charge in [-0.2, -0.15) is 0 Å². The van der Waals surface area contributed by atoms with Crippen LogP contribution in [-0.4, -0.2) is 36.9 Å². The van der Waals surface area contributed by atoms with E-state index in [1.54, 1.807) is 17.0 Å². The van der Waals surface area contributed by atoms with Crippen molar-refractivity contribution in [2.75, 3.05) is 24.3 Å². The summed E-state index contributed by atoms with van der Waals surface area (Å²) in [5.41, 5.74) is 2.77. The van der Waals surface area contributed by atoms with Gasteiger partial charge in [-0.05, 0) is 62.6 Å². The zero-order valence-corrected chi connectivity index (χ0v) is 17.8. The third-order valence-corrected chi connectivity index (χ3v) is 5.51. The molecule has 2 amide bonds. The second-order valence-electron chi connectivity index (χ2n) is 8.21. The number of furan rings is 1. The molecule has 0 radical (unpaired) electrons. The van der Waals surface area contributed by atoms with Crippen molar-refractivity contribution < 1.29 is 14.0 Å². The van der Waals surface area contributed by atoms with Crippen molar-refractivity contribution in [3.8, 4) is 0 Å². The van der Waals surface area contributed by atoms with E-state index < -0.39 is 0 Å². The van der Waals surface area contributed by atoms with Gasteiger partial charge in [0.2, 0.25) is 5.91 Å². The number of rotatable bonds is 7. The summed E-state index contributed by atoms with van der Waals surface area (Å²) in [5, 5.41) is 3.07. The Labute approximate surface area is 172 Å². The predicted molar refractivity (Wildman–Crippen MR) is 115 cm³/mol. The van der Waals surface area contributed by atoms with E-state index in [1.165, 1.54) is 6.26 Å². The minimum Gasteiger partial charge on any atom is -0.459 e. The summed E-state index contributed by atoms with van der Waals surface area (Å²) in [6.07, 6.45) is 5.69. The summed E-state index contributed by atoms with van der Waals surface area (Å²) in [5.74, 6) is 0.393. The van der Waals surface area contributed by atoms with Crippen LogP contribution < -0.4 is 10.2 Å². The quantitative estimate of drug-likeness (QED) is 0.746. The first-order valence-corrected chi connectivity index (χ1v) is 10.3. The van der Waals surface area contributed by atoms with Crippen molar-refractivity contribution >= 4 is 23.2 Å². The minimum atomic E-state index is -0.143. The Morgan fingerprint density at radius 1 is 1.17 bits per heavy atom. The van der Waals surface area contributed by atoms with Gasteiger partial charge in [0.1, 0.15) is 0 Å². The molecule has 0 saturated heterocycles. The van der Waals surface area contributed by atoms with Gasteiger partial charge < -0.3 is 19.5 Å². The number of hydrogen-bond acceptors (Lipinski definition) is 4. The molecule has 2 aromatic rings. The molecule has 1 aliphatic rings. The van der Waals surface area contributed by atoms with Crippen LogP contribution in [-0.2, 0) is 11.3 Å². The number of anilines is 2. The SMILES string of the molecule is CC(C)N(Cc1cc(NC(=O)C2CCCC2)ccc1N(C)C)C(=O)c1ccco1. The van der Waals surface area contributed by atoms with Gasteiger partial charge >= 0.3 is 0 Å². The highest BCUT2D eigenvalue weighted by molar-refractivity contribution is 5.93. The summed E-state index contributed by atoms with van der Waals surface area (Å²) < 4.78 is 5.32. The maximum absolute atomic E-state index is 12.9. The highest BCUT2D eigenvalue weighted by atomic mass is 16.3. The smallest absolute Gasteiger partial charge is 0.290 e. The van der Waals surface area contributed by atoms with E-state index in [0.717, 1.165) is 42.6 Å². The molecule has 1 aromatic heterocycles. The van der Waals surface area contributed by atoms with Crippen LogP contribution in [0.25, 0.3) is 0 Å². The highest BCUT2D eigenvalue weighted by Crippen LogP contribution is 2.29. The molecule has 1 fully saturated rings. The Kier molecular flexibility index (Phi) is 6.62. The number of nitrogens with one attached hydrogen (secondary N) is 1. The molecule has 156 valence electrons. The Morgan fingerprint density at radius 2 is 1.90 bits per heavy atom. The number of hydrogen-bond donors (Lipinski definition) is 1. The van der Waals surface area contributed by atoms with Crippen LogP contribution in [0.4, 0.5) is 11.4 Å². The average Bonchev–Trinajstić information content (AvgIpc) is 3.39. The molecule has 6 nitrogen and oxygen atoms in total. The molecule has 1 N–H and O–H groups in total. The van der Waals surface area contributed by atoms with Gasteiger partial charge in [-0.3, -0.25) is 9.59 Å². The molecule has 3 rings (SSSR count). The fraction of sp³-hybridized carbons (Fsp3) is 0.478. The lowest BCUT2D eigenvalue weighted by Gasteiger charge is -2.28. The van der Waals surface area contributed by atoms with Crippen molar-refractivity contribution in [2.24, 2.45) is 5.92 Å². The Balaban J connectivity index is 1.84. The van der Waals surface area contributed by atoms with Crippen LogP contribution in [0.5, 0.6) is 0 Å². The summed E-state index contributed by atoms with van der Waals surface area (Å²) in [7, 11) is 3.95. The highest BCUT2D eigenvalue weighted by Gasteiger charge is 2.25. The van der Waals surface area contributed by atoms with Crippen LogP contribution in [0.2, 0.25) is 0 Å². The average molecular weight is 398 g/mol. The standard InChI is InChI=1S/C23H31N3O3/c1-16(2)26(23(28)21-10-7-13-29-21)15-18-14-19(11-12-20(18)25(3)4)24-22(27)17-8-5-6-9-17/h7,10-14,16-17H,5-6,8-9,15H2,1-4H3,(H,24,27). The van der Waals surface area contributed by atoms with E-state index >= 15 is 0 Å². The number of carbonyl (C=O) groups excluding carboxylic acids is 2. The topological polar surface area (TPSA) is 65.8 Å². The summed E-state index contributed by atoms with van der Waals surface area (Å²) in [6.45, 7) is 4.40. The molecule has 0 spiro atoms. The number of amides is 2. The number of nitrogens with zero attached hydrogens (tertiary/aromatic N) is 2. The fourth-order valence-corrected chi connectivity index (χ4v) is 3.87. The molecule has 1 heterocycles. The van der Waals surface area contributed by atoms with Gasteiger partial charge in [0.25, 0.3) is 5.91 Å². The maximum atomic E-state index is 12.9. The predicted octanol–water partition coefficient (Wildman–Crippen LogP) is 4.53. The van der Waals surface area contributed by atoms with Crippen molar-refractivity contribution in [3.05, 3.63) is 47.9 Å². The summed E-state index contributed by atoms with van der Waals surface area (Å²) >= 11 is 0. The Hall–Kier alpha value is -2.76. The van der Waals surface area contributed by atoms with Crippen LogP contribution >= 0.6 is 0 Å². The van der Waals surface area contributed by atoms with E-state index in [-0.39, 0.29) is 23.8 Å². The second kappa shape index (κ2) is 9.16. The molecule has 1 saturated carbocycles. The van der Waals surface area contributed by atoms with Crippen LogP contribution in [0.15, 0.2) is 41.0 Å². The zero-order chi connectivity index (χ0) is 21.0. The third kappa shape index (κ3) is 5.00. The molecule has 0 aliphatic heterocycles. The van der Waals surface area contributed by atoms with Crippen LogP contribution in [0, 0.1) is 5.92 Å². The lowest BCUT2D eigenvalue weighted by atomic mass is 10.1. The molecule has 0 atom stereocenters. The molecule has 0 unspecified atom stereocenters. The zero-order valence-electron chi connectivity index (χ0n) is 17.8. The largest absolute Gasteiger partial charge is 0.459 e. The van der Waals surface area contributed by atoms with Gasteiger partial charge in [0, 0.05) is 44.0 Å². The molecule has 1 aliphatic carbocycles. The van der Waals surface area contributed by atoms with Gasteiger partial charge in [-0.1, -0.05) is 12.8 Å². The van der Waals surface area contributed by atoms with E-state index in [1.807, 2.05) is 51.0 Å². The third-order valence-electron chi connectivity index (χ3n) is 5.51. The Morgan fingerprint density at radius 3 is 2.48 bits per heavy atom. The molecule has 6 heteroatoms. The maximum Gasteiger partial charge on any atom is 0.290 e. The normalized spacial score (nSPS) is 14.2. The first-order valence-electron chi connectivity index (χ1n) is 10.3. The number of benzene rings is 1. The van der Waals surface area contributed by atoms with Crippen LogP contribution in [0.3, 0.4) is 0 Å². The van der Waals surface area contributed by atoms with Gasteiger partial charge in [0.05, 0.1) is 6.26 Å². The monoisotopic (exact) mass is 397 g/mol. The molecular weight excluding hydrogens is 366 g/mol. The molecule has 0 bridgehead atoms. The molecular formula is C23H31N3O3. The van der Waals surface area contributed by atoms with E-state index in [9.17, 15) is 9.59 Å². The van der Waals surface area contributed by atoms with Crippen molar-refractivity contribution in [1.29, 1.82) is 0 Å². The van der Waals surface area contributed by atoms with E-state index in [2.05, 4.69) is 5.32 Å². The Bertz CT molecular complexity index is 837. The summed E-state index contributed by atoms with van der Waals surface area (Å²) in [6, 6.07) is 9.31. The van der Waals surface area contributed by atoms with Crippen molar-refractivity contribution in [3.63, 3.8) is 0 Å². The van der Waals surface area contributed by atoms with E-state index in [4.69, 9.17) is 4.42 Å². The lowest BCUT2D eigenvalue weighted by Crippen LogP contribution is -2.36. The lowest BCUT2D eigenvalue weighted by molar-refractivity contribution is -0.119. The van der Waals surface area contributed by atoms with Gasteiger partial charge in [-0.15, -0.1) is 0 Å². The molecule has 29 heavy (non-hydrogen) atoms. The first-order chi connectivity index (χ1) is 13.9. The van der Waals surface area contributed by atoms with Crippen LogP contribution in [0.1, 0.15) is 55.6 Å². The van der Waals surface area contributed by atoms with Crippen molar-refractivity contribution in [1.82, 2.24) is 4.90 Å². The van der Waals surface area contributed by atoms with E-state index in [0.29, 0.717) is 12.3 Å². The fourth-order valence-electron chi connectivity index (χ4n) is 3.87. The van der Waals surface area contributed by atoms with Crippen molar-refractivity contribution in [2.45, 2.75) is 52.1 Å². The van der Waals surface area contributed by atoms with Gasteiger partial charge in [0.15, 0.2) is 5.76 Å².